The zero-order valence-electron chi connectivity index (χ0n) is 14.9. The summed E-state index contributed by atoms with van der Waals surface area (Å²) in [6.45, 7) is 2.21. The highest BCUT2D eigenvalue weighted by Crippen LogP contribution is 2.34. The van der Waals surface area contributed by atoms with Crippen molar-refractivity contribution in [2.75, 3.05) is 55.9 Å². The zero-order valence-corrected chi connectivity index (χ0v) is 15.7. The van der Waals surface area contributed by atoms with Crippen molar-refractivity contribution in [1.29, 1.82) is 0 Å². The number of nitrogens with zero attached hydrogens (tertiary/aromatic N) is 3. The van der Waals surface area contributed by atoms with Gasteiger partial charge >= 0.3 is 5.97 Å². The number of hydrogen-bond donors (Lipinski definition) is 0. The molecule has 1 atom stereocenters. The van der Waals surface area contributed by atoms with Crippen molar-refractivity contribution in [3.05, 3.63) is 24.3 Å². The fourth-order valence-corrected chi connectivity index (χ4v) is 4.31. The Balaban J connectivity index is 1.80. The average molecular weight is 381 g/mol. The normalized spacial score (nSPS) is 21.9. The second kappa shape index (κ2) is 7.24. The number of para-hydroxylation sites is 2. The molecular formula is C17H23N3O5S. The number of hydrogen-bond acceptors (Lipinski definition) is 6. The molecule has 0 saturated carbocycles. The number of rotatable bonds is 4. The van der Waals surface area contributed by atoms with Crippen LogP contribution >= 0.6 is 0 Å². The summed E-state index contributed by atoms with van der Waals surface area (Å²) in [6, 6.07) is 7.52. The standard InChI is InChI=1S/C17H23N3O5S/c1-25-17(22)13-11-16(21)20(12-13)15-6-4-3-5-14(15)18-7-9-19(10-8-18)26(2,23)24/h3-6,13H,7-12H2,1-2H3. The molecule has 0 radical (unpaired) electrons. The molecule has 26 heavy (non-hydrogen) atoms. The van der Waals surface area contributed by atoms with E-state index in [0.29, 0.717) is 32.7 Å². The number of methoxy groups -OCH3 is 1. The fourth-order valence-electron chi connectivity index (χ4n) is 3.49. The molecular weight excluding hydrogens is 358 g/mol. The summed E-state index contributed by atoms with van der Waals surface area (Å²) in [6.07, 6.45) is 1.36. The summed E-state index contributed by atoms with van der Waals surface area (Å²) < 4.78 is 29.6. The number of carbonyl (C=O) groups is 2. The minimum atomic E-state index is -3.20. The van der Waals surface area contributed by atoms with Gasteiger partial charge in [-0.1, -0.05) is 12.1 Å². The van der Waals surface area contributed by atoms with Gasteiger partial charge in [-0.15, -0.1) is 0 Å². The van der Waals surface area contributed by atoms with Crippen molar-refractivity contribution in [2.45, 2.75) is 6.42 Å². The van der Waals surface area contributed by atoms with Gasteiger partial charge in [0, 0.05) is 39.1 Å². The van der Waals surface area contributed by atoms with Crippen LogP contribution in [0.2, 0.25) is 0 Å². The van der Waals surface area contributed by atoms with E-state index in [0.717, 1.165) is 11.4 Å². The summed E-state index contributed by atoms with van der Waals surface area (Å²) in [7, 11) is -1.87. The molecule has 2 aliphatic heterocycles. The maximum Gasteiger partial charge on any atom is 0.311 e. The van der Waals surface area contributed by atoms with Crippen LogP contribution in [0.3, 0.4) is 0 Å². The fraction of sp³-hybridized carbons (Fsp3) is 0.529. The molecule has 3 rings (SSSR count). The van der Waals surface area contributed by atoms with Crippen LogP contribution in [0.4, 0.5) is 11.4 Å². The maximum absolute atomic E-state index is 12.4. The molecule has 0 spiro atoms. The molecule has 2 aliphatic rings. The van der Waals surface area contributed by atoms with Gasteiger partial charge in [-0.2, -0.15) is 4.31 Å². The molecule has 2 heterocycles. The maximum atomic E-state index is 12.4. The molecule has 1 unspecified atom stereocenters. The number of piperazine rings is 1. The first-order chi connectivity index (χ1) is 12.3. The van der Waals surface area contributed by atoms with E-state index < -0.39 is 15.9 Å². The quantitative estimate of drug-likeness (QED) is 0.697. The Kier molecular flexibility index (Phi) is 5.19. The molecule has 1 amide bonds. The van der Waals surface area contributed by atoms with Gasteiger partial charge in [-0.3, -0.25) is 9.59 Å². The van der Waals surface area contributed by atoms with E-state index in [2.05, 4.69) is 4.90 Å². The first-order valence-electron chi connectivity index (χ1n) is 8.48. The van der Waals surface area contributed by atoms with Crippen molar-refractivity contribution < 1.29 is 22.7 Å². The smallest absolute Gasteiger partial charge is 0.311 e. The Bertz CT molecular complexity index is 802. The average Bonchev–Trinajstić information content (AvgIpc) is 3.02. The molecule has 2 saturated heterocycles. The molecule has 9 heteroatoms. The van der Waals surface area contributed by atoms with E-state index in [1.54, 1.807) is 4.90 Å². The number of esters is 1. The van der Waals surface area contributed by atoms with E-state index in [-0.39, 0.29) is 18.3 Å². The van der Waals surface area contributed by atoms with Crippen LogP contribution in [0.1, 0.15) is 6.42 Å². The highest BCUT2D eigenvalue weighted by Gasteiger charge is 2.37. The van der Waals surface area contributed by atoms with Gasteiger partial charge in [0.1, 0.15) is 0 Å². The van der Waals surface area contributed by atoms with Gasteiger partial charge < -0.3 is 14.5 Å². The Labute approximate surface area is 153 Å². The molecule has 1 aromatic carbocycles. The third-order valence-electron chi connectivity index (χ3n) is 4.88. The lowest BCUT2D eigenvalue weighted by molar-refractivity contribution is -0.145. The molecule has 0 aromatic heterocycles. The number of anilines is 2. The Morgan fingerprint density at radius 3 is 2.31 bits per heavy atom. The Morgan fingerprint density at radius 1 is 1.12 bits per heavy atom. The third-order valence-corrected chi connectivity index (χ3v) is 6.18. The number of sulfonamides is 1. The lowest BCUT2D eigenvalue weighted by Gasteiger charge is -2.36. The molecule has 0 aliphatic carbocycles. The second-order valence-electron chi connectivity index (χ2n) is 6.57. The summed E-state index contributed by atoms with van der Waals surface area (Å²) in [5, 5.41) is 0. The van der Waals surface area contributed by atoms with Crippen molar-refractivity contribution in [3.8, 4) is 0 Å². The van der Waals surface area contributed by atoms with Crippen LogP contribution in [-0.4, -0.2) is 70.7 Å². The van der Waals surface area contributed by atoms with Crippen molar-refractivity contribution in [3.63, 3.8) is 0 Å². The molecule has 0 bridgehead atoms. The van der Waals surface area contributed by atoms with Gasteiger partial charge in [0.2, 0.25) is 15.9 Å². The SMILES string of the molecule is COC(=O)C1CC(=O)N(c2ccccc2N2CCN(S(C)(=O)=O)CC2)C1. The van der Waals surface area contributed by atoms with E-state index in [1.807, 2.05) is 24.3 Å². The van der Waals surface area contributed by atoms with Crippen LogP contribution in [0.5, 0.6) is 0 Å². The lowest BCUT2D eigenvalue weighted by Crippen LogP contribution is -2.48. The van der Waals surface area contributed by atoms with Crippen LogP contribution in [0.15, 0.2) is 24.3 Å². The molecule has 1 aromatic rings. The topological polar surface area (TPSA) is 87.2 Å². The third kappa shape index (κ3) is 3.68. The van der Waals surface area contributed by atoms with Gasteiger partial charge in [0.15, 0.2) is 0 Å². The van der Waals surface area contributed by atoms with Gasteiger partial charge in [-0.05, 0) is 12.1 Å². The van der Waals surface area contributed by atoms with E-state index in [9.17, 15) is 18.0 Å². The van der Waals surface area contributed by atoms with Gasteiger partial charge in [0.05, 0.1) is 30.7 Å². The first-order valence-corrected chi connectivity index (χ1v) is 10.3. The van der Waals surface area contributed by atoms with E-state index >= 15 is 0 Å². The summed E-state index contributed by atoms with van der Waals surface area (Å²) in [5.41, 5.74) is 1.62. The molecule has 142 valence electrons. The van der Waals surface area contributed by atoms with Crippen LogP contribution < -0.4 is 9.80 Å². The second-order valence-corrected chi connectivity index (χ2v) is 8.55. The minimum Gasteiger partial charge on any atom is -0.469 e. The largest absolute Gasteiger partial charge is 0.469 e. The van der Waals surface area contributed by atoms with Crippen LogP contribution in [0.25, 0.3) is 0 Å². The summed E-state index contributed by atoms with van der Waals surface area (Å²) >= 11 is 0. The van der Waals surface area contributed by atoms with E-state index in [1.165, 1.54) is 17.7 Å². The van der Waals surface area contributed by atoms with Gasteiger partial charge in [0.25, 0.3) is 0 Å². The van der Waals surface area contributed by atoms with Crippen LogP contribution in [-0.2, 0) is 24.3 Å². The van der Waals surface area contributed by atoms with Crippen molar-refractivity contribution >= 4 is 33.3 Å². The molecule has 2 fully saturated rings. The predicted octanol–water partition coefficient (Wildman–Crippen LogP) is 0.294. The zero-order chi connectivity index (χ0) is 18.9. The minimum absolute atomic E-state index is 0.109. The first kappa shape index (κ1) is 18.7. The van der Waals surface area contributed by atoms with Gasteiger partial charge in [-0.25, -0.2) is 8.42 Å². The lowest BCUT2D eigenvalue weighted by atomic mass is 10.1. The van der Waals surface area contributed by atoms with Crippen LogP contribution in [0, 0.1) is 5.92 Å². The molecule has 8 nitrogen and oxygen atoms in total. The monoisotopic (exact) mass is 381 g/mol. The highest BCUT2D eigenvalue weighted by atomic mass is 32.2. The summed E-state index contributed by atoms with van der Waals surface area (Å²) in [5.74, 6) is -0.939. The number of benzene rings is 1. The summed E-state index contributed by atoms with van der Waals surface area (Å²) in [4.78, 5) is 27.9. The van der Waals surface area contributed by atoms with Crippen molar-refractivity contribution in [2.24, 2.45) is 5.92 Å². The van der Waals surface area contributed by atoms with E-state index in [4.69, 9.17) is 4.74 Å². The highest BCUT2D eigenvalue weighted by molar-refractivity contribution is 7.88. The number of amides is 1. The van der Waals surface area contributed by atoms with Crippen molar-refractivity contribution in [1.82, 2.24) is 4.31 Å². The predicted molar refractivity (Wildman–Crippen MR) is 97.5 cm³/mol. The number of ether oxygens (including phenoxy) is 1. The Morgan fingerprint density at radius 2 is 1.73 bits per heavy atom. The molecule has 0 N–H and O–H groups in total. The number of carbonyl (C=O) groups excluding carboxylic acids is 2. The Hall–Kier alpha value is -2.13.